The van der Waals surface area contributed by atoms with Crippen LogP contribution in [-0.2, 0) is 11.2 Å². The van der Waals surface area contributed by atoms with Gasteiger partial charge in [0, 0.05) is 17.6 Å². The molecule has 0 spiro atoms. The molecule has 0 radical (unpaired) electrons. The number of hydrogen-bond donors (Lipinski definition) is 4. The molecule has 38 heavy (non-hydrogen) atoms. The minimum Gasteiger partial charge on any atom is -0.494 e. The Morgan fingerprint density at radius 3 is 2.42 bits per heavy atom. The van der Waals surface area contributed by atoms with Gasteiger partial charge in [0.15, 0.2) is 0 Å². The molecular formula is C29H32ClNO7. The number of aliphatic hydroxyl groups is 3. The van der Waals surface area contributed by atoms with Gasteiger partial charge in [-0.3, -0.25) is 4.79 Å². The zero-order valence-corrected chi connectivity index (χ0v) is 22.0. The predicted octanol–water partition coefficient (Wildman–Crippen LogP) is 3.29. The Morgan fingerprint density at radius 1 is 0.947 bits per heavy atom. The van der Waals surface area contributed by atoms with Crippen LogP contribution in [0, 0.1) is 0 Å². The van der Waals surface area contributed by atoms with Gasteiger partial charge in [0.25, 0.3) is 5.91 Å². The van der Waals surface area contributed by atoms with Crippen molar-refractivity contribution < 1.29 is 34.3 Å². The monoisotopic (exact) mass is 541 g/mol. The van der Waals surface area contributed by atoms with E-state index in [-0.39, 0.29) is 12.5 Å². The number of nitrogens with one attached hydrogen (secondary N) is 1. The van der Waals surface area contributed by atoms with Crippen LogP contribution in [-0.4, -0.2) is 65.9 Å². The number of benzene rings is 3. The number of carbonyl (C=O) groups is 1. The molecule has 5 atom stereocenters. The van der Waals surface area contributed by atoms with E-state index >= 15 is 0 Å². The summed E-state index contributed by atoms with van der Waals surface area (Å²) in [6.07, 6.45) is -5.51. The highest BCUT2D eigenvalue weighted by molar-refractivity contribution is 6.31. The maximum absolute atomic E-state index is 11.9. The summed E-state index contributed by atoms with van der Waals surface area (Å²) in [5.41, 5.74) is 2.88. The Bertz CT molecular complexity index is 1240. The van der Waals surface area contributed by atoms with E-state index in [2.05, 4.69) is 5.32 Å². The van der Waals surface area contributed by atoms with Crippen LogP contribution in [0.2, 0.25) is 5.02 Å². The number of halogens is 1. The van der Waals surface area contributed by atoms with Crippen LogP contribution in [0.1, 0.15) is 40.1 Å². The van der Waals surface area contributed by atoms with Gasteiger partial charge >= 0.3 is 0 Å². The first kappa shape index (κ1) is 27.9. The maximum atomic E-state index is 11.9. The highest BCUT2D eigenvalue weighted by Crippen LogP contribution is 2.35. The molecule has 9 heteroatoms. The summed E-state index contributed by atoms with van der Waals surface area (Å²) in [6.45, 7) is 2.41. The normalized spacial score (nSPS) is 23.1. The molecule has 0 unspecified atom stereocenters. The fourth-order valence-corrected chi connectivity index (χ4v) is 4.60. The number of amides is 1. The van der Waals surface area contributed by atoms with Gasteiger partial charge in [-0.15, -0.1) is 0 Å². The van der Waals surface area contributed by atoms with Crippen LogP contribution < -0.4 is 14.8 Å². The van der Waals surface area contributed by atoms with Crippen molar-refractivity contribution in [2.45, 2.75) is 43.9 Å². The van der Waals surface area contributed by atoms with E-state index in [1.54, 1.807) is 36.4 Å². The molecule has 1 aliphatic heterocycles. The minimum absolute atomic E-state index is 0.106. The zero-order chi connectivity index (χ0) is 27.2. The second-order valence-electron chi connectivity index (χ2n) is 9.09. The quantitative estimate of drug-likeness (QED) is 0.328. The molecule has 1 heterocycles. The first-order chi connectivity index (χ1) is 18.3. The van der Waals surface area contributed by atoms with Crippen molar-refractivity contribution in [1.82, 2.24) is 5.32 Å². The smallest absolute Gasteiger partial charge is 0.251 e. The van der Waals surface area contributed by atoms with Crippen molar-refractivity contribution in [3.8, 4) is 11.5 Å². The Morgan fingerprint density at radius 2 is 1.71 bits per heavy atom. The topological polar surface area (TPSA) is 117 Å². The lowest BCUT2D eigenvalue weighted by molar-refractivity contribution is -0.230. The molecule has 4 rings (SSSR count). The predicted molar refractivity (Wildman–Crippen MR) is 143 cm³/mol. The van der Waals surface area contributed by atoms with E-state index in [4.69, 9.17) is 25.8 Å². The molecule has 1 amide bonds. The van der Waals surface area contributed by atoms with E-state index in [9.17, 15) is 20.1 Å². The molecule has 0 bridgehead atoms. The van der Waals surface area contributed by atoms with Crippen LogP contribution in [0.25, 0.3) is 0 Å². The number of carbonyl (C=O) groups excluding carboxylic acids is 1. The summed E-state index contributed by atoms with van der Waals surface area (Å²) in [5, 5.41) is 35.0. The molecule has 1 fully saturated rings. The van der Waals surface area contributed by atoms with Crippen LogP contribution >= 0.6 is 11.6 Å². The second kappa shape index (κ2) is 12.6. The third kappa shape index (κ3) is 6.46. The lowest BCUT2D eigenvalue weighted by Crippen LogP contribution is -2.55. The van der Waals surface area contributed by atoms with Gasteiger partial charge < -0.3 is 34.8 Å². The van der Waals surface area contributed by atoms with Crippen molar-refractivity contribution in [2.75, 3.05) is 20.3 Å². The maximum Gasteiger partial charge on any atom is 0.251 e. The third-order valence-corrected chi connectivity index (χ3v) is 6.85. The lowest BCUT2D eigenvalue weighted by atomic mass is 9.90. The molecule has 0 aliphatic carbocycles. The second-order valence-corrected chi connectivity index (χ2v) is 9.50. The Kier molecular flexibility index (Phi) is 9.25. The fourth-order valence-electron chi connectivity index (χ4n) is 4.41. The summed E-state index contributed by atoms with van der Waals surface area (Å²) in [5.74, 6) is 0.936. The van der Waals surface area contributed by atoms with Gasteiger partial charge in [0.05, 0.1) is 6.61 Å². The summed E-state index contributed by atoms with van der Waals surface area (Å²) in [4.78, 5) is 11.9. The molecule has 3 aromatic rings. The lowest BCUT2D eigenvalue weighted by Gasteiger charge is -2.40. The summed E-state index contributed by atoms with van der Waals surface area (Å²) in [6, 6.07) is 19.6. The molecule has 1 aliphatic rings. The van der Waals surface area contributed by atoms with Gasteiger partial charge in [-0.1, -0.05) is 41.9 Å². The van der Waals surface area contributed by atoms with Gasteiger partial charge in [-0.05, 0) is 66.4 Å². The number of rotatable bonds is 9. The largest absolute Gasteiger partial charge is 0.494 e. The highest BCUT2D eigenvalue weighted by atomic mass is 35.5. The molecule has 8 nitrogen and oxygen atoms in total. The SMILES string of the molecule is CCOc1ccc(Cc2cc([C@@H]3O[C@H](COc4cccc(C(=O)NC)c4)[C@H](O)[C@@H](O)[C@H]3O)ccc2Cl)cc1. The number of hydrogen-bond acceptors (Lipinski definition) is 7. The molecule has 0 saturated carbocycles. The van der Waals surface area contributed by atoms with E-state index in [1.165, 1.54) is 7.05 Å². The van der Waals surface area contributed by atoms with Gasteiger partial charge in [0.1, 0.15) is 48.6 Å². The number of ether oxygens (including phenoxy) is 3. The van der Waals surface area contributed by atoms with Crippen LogP contribution in [0.5, 0.6) is 11.5 Å². The van der Waals surface area contributed by atoms with E-state index < -0.39 is 30.5 Å². The number of aliphatic hydroxyl groups excluding tert-OH is 3. The van der Waals surface area contributed by atoms with Crippen LogP contribution in [0.3, 0.4) is 0 Å². The summed E-state index contributed by atoms with van der Waals surface area (Å²) in [7, 11) is 1.54. The summed E-state index contributed by atoms with van der Waals surface area (Å²) < 4.78 is 17.3. The van der Waals surface area contributed by atoms with E-state index in [0.29, 0.717) is 34.9 Å². The van der Waals surface area contributed by atoms with Gasteiger partial charge in [0.2, 0.25) is 0 Å². The molecule has 3 aromatic carbocycles. The van der Waals surface area contributed by atoms with Crippen molar-refractivity contribution >= 4 is 17.5 Å². The van der Waals surface area contributed by atoms with Crippen molar-refractivity contribution in [2.24, 2.45) is 0 Å². The fraction of sp³-hybridized carbons (Fsp3) is 0.345. The summed E-state index contributed by atoms with van der Waals surface area (Å²) >= 11 is 6.48. The van der Waals surface area contributed by atoms with Crippen molar-refractivity contribution in [1.29, 1.82) is 0 Å². The zero-order valence-electron chi connectivity index (χ0n) is 21.2. The van der Waals surface area contributed by atoms with E-state index in [0.717, 1.165) is 16.9 Å². The molecule has 4 N–H and O–H groups in total. The molecule has 1 saturated heterocycles. The minimum atomic E-state index is -1.45. The Hall–Kier alpha value is -3.14. The molecular weight excluding hydrogens is 510 g/mol. The van der Waals surface area contributed by atoms with E-state index in [1.807, 2.05) is 37.3 Å². The first-order valence-corrected chi connectivity index (χ1v) is 12.8. The van der Waals surface area contributed by atoms with Gasteiger partial charge in [-0.25, -0.2) is 0 Å². The third-order valence-electron chi connectivity index (χ3n) is 6.48. The van der Waals surface area contributed by atoms with Crippen LogP contribution in [0.4, 0.5) is 0 Å². The Balaban J connectivity index is 1.49. The van der Waals surface area contributed by atoms with Gasteiger partial charge in [-0.2, -0.15) is 0 Å². The van der Waals surface area contributed by atoms with Crippen LogP contribution in [0.15, 0.2) is 66.7 Å². The average molecular weight is 542 g/mol. The average Bonchev–Trinajstić information content (AvgIpc) is 2.93. The Labute approximate surface area is 226 Å². The molecule has 0 aromatic heterocycles. The molecule has 202 valence electrons. The highest BCUT2D eigenvalue weighted by Gasteiger charge is 2.44. The first-order valence-electron chi connectivity index (χ1n) is 12.4. The van der Waals surface area contributed by atoms with Crippen molar-refractivity contribution in [3.05, 3.63) is 94.0 Å². The van der Waals surface area contributed by atoms with Crippen molar-refractivity contribution in [3.63, 3.8) is 0 Å². The standard InChI is InChI=1S/C29H32ClNO7/c1-3-36-21-10-7-17(8-11-21)13-20-14-18(9-12-23(20)30)28-27(34)26(33)25(32)24(38-28)16-37-22-6-4-5-19(15-22)29(35)31-2/h4-12,14-15,24-28,32-34H,3,13,16H2,1-2H3,(H,31,35)/t24-,25+,26-,27-,28+/m1/s1.